The van der Waals surface area contributed by atoms with Crippen LogP contribution >= 0.6 is 11.6 Å². The number of para-hydroxylation sites is 1. The smallest absolute Gasteiger partial charge is 0.272 e. The van der Waals surface area contributed by atoms with Gasteiger partial charge in [0.1, 0.15) is 5.69 Å². The summed E-state index contributed by atoms with van der Waals surface area (Å²) < 4.78 is 4.80. The van der Waals surface area contributed by atoms with Gasteiger partial charge < -0.3 is 10.1 Å². The molecule has 0 amide bonds. The molecule has 2 aromatic rings. The maximum absolute atomic E-state index is 11.3. The molecule has 1 N–H and O–H groups in total. The molecule has 16 heavy (non-hydrogen) atoms. The molecule has 0 saturated heterocycles. The second-order valence-electron chi connectivity index (χ2n) is 3.17. The molecule has 0 aromatic heterocycles. The molecule has 0 heterocycles. The van der Waals surface area contributed by atoms with E-state index in [9.17, 15) is 9.59 Å². The molecule has 0 bridgehead atoms. The number of rotatable bonds is 3. The molecule has 4 nitrogen and oxygen atoms in total. The summed E-state index contributed by atoms with van der Waals surface area (Å²) >= 11 is 5.90. The van der Waals surface area contributed by atoms with E-state index in [0.29, 0.717) is 10.7 Å². The molecule has 0 saturated carbocycles. The van der Waals surface area contributed by atoms with Crippen LogP contribution in [0.4, 0.5) is 11.4 Å². The van der Waals surface area contributed by atoms with Crippen LogP contribution in [0.2, 0.25) is 5.02 Å². The summed E-state index contributed by atoms with van der Waals surface area (Å²) in [5.74, 6) is 0.0462. The lowest BCUT2D eigenvalue weighted by Gasteiger charge is -2.12. The third kappa shape index (κ3) is 1.57. The lowest BCUT2D eigenvalue weighted by atomic mass is 10.2. The number of hydrogen-bond acceptors (Lipinski definition) is 4. The average molecular weight is 238 g/mol. The van der Waals surface area contributed by atoms with Gasteiger partial charge in [0, 0.05) is 0 Å². The van der Waals surface area contributed by atoms with Crippen molar-refractivity contribution in [3.8, 4) is 5.75 Å². The number of ether oxygens (including phenoxy) is 1. The van der Waals surface area contributed by atoms with Crippen LogP contribution in [0.25, 0.3) is 0 Å². The number of methoxy groups -OCH3 is 1. The molecule has 0 radical (unpaired) electrons. The Morgan fingerprint density at radius 1 is 1.19 bits per heavy atom. The predicted octanol–water partition coefficient (Wildman–Crippen LogP) is 1.69. The number of anilines is 2. The van der Waals surface area contributed by atoms with Crippen LogP contribution in [0.15, 0.2) is 33.9 Å². The van der Waals surface area contributed by atoms with Crippen molar-refractivity contribution in [2.24, 2.45) is 0 Å². The lowest BCUT2D eigenvalue weighted by Crippen LogP contribution is -2.34. The maximum Gasteiger partial charge on any atom is 0.272 e. The number of nitrogens with one attached hydrogen (secondary N) is 1. The minimum absolute atomic E-state index is 0.0462. The van der Waals surface area contributed by atoms with Gasteiger partial charge in [-0.05, 0) is 12.1 Å². The Balaban J connectivity index is 2.36. The first-order chi connectivity index (χ1) is 7.65. The molecule has 0 aliphatic carbocycles. The standard InChI is InChI=1S/C11H8ClNO3/c1-16-11-8(9(14)10(11)15)13-7-5-3-2-4-6(7)12/h2-5,13H,1H3. The highest BCUT2D eigenvalue weighted by atomic mass is 35.5. The highest BCUT2D eigenvalue weighted by molar-refractivity contribution is 6.33. The Hall–Kier alpha value is -1.81. The van der Waals surface area contributed by atoms with Gasteiger partial charge in [-0.15, -0.1) is 0 Å². The highest BCUT2D eigenvalue weighted by Crippen LogP contribution is 2.27. The van der Waals surface area contributed by atoms with Gasteiger partial charge in [0.15, 0.2) is 5.75 Å². The Bertz CT molecular complexity index is 599. The molecule has 82 valence electrons. The monoisotopic (exact) mass is 237 g/mol. The third-order valence-electron chi connectivity index (χ3n) is 2.20. The maximum atomic E-state index is 11.3. The summed E-state index contributed by atoms with van der Waals surface area (Å²) in [5.41, 5.74) is -0.482. The van der Waals surface area contributed by atoms with Crippen molar-refractivity contribution in [2.75, 3.05) is 12.4 Å². The van der Waals surface area contributed by atoms with Gasteiger partial charge in [-0.3, -0.25) is 9.59 Å². The molecule has 0 spiro atoms. The minimum atomic E-state index is -0.614. The van der Waals surface area contributed by atoms with E-state index in [-0.39, 0.29) is 11.4 Å². The largest absolute Gasteiger partial charge is 0.491 e. The fourth-order valence-corrected chi connectivity index (χ4v) is 1.56. The van der Waals surface area contributed by atoms with E-state index in [0.717, 1.165) is 0 Å². The van der Waals surface area contributed by atoms with Crippen molar-refractivity contribution < 1.29 is 4.74 Å². The van der Waals surface area contributed by atoms with Crippen LogP contribution in [0.1, 0.15) is 0 Å². The van der Waals surface area contributed by atoms with E-state index in [1.807, 2.05) is 0 Å². The van der Waals surface area contributed by atoms with Gasteiger partial charge in [0.2, 0.25) is 0 Å². The van der Waals surface area contributed by atoms with Crippen molar-refractivity contribution in [3.05, 3.63) is 49.7 Å². The Kier molecular flexibility index (Phi) is 2.66. The molecular weight excluding hydrogens is 230 g/mol. The average Bonchev–Trinajstić information content (AvgIpc) is 2.30. The first kappa shape index (κ1) is 10.7. The molecule has 0 fully saturated rings. The van der Waals surface area contributed by atoms with E-state index in [1.54, 1.807) is 24.3 Å². The van der Waals surface area contributed by atoms with E-state index in [2.05, 4.69) is 5.32 Å². The Labute approximate surface area is 96.1 Å². The van der Waals surface area contributed by atoms with Crippen molar-refractivity contribution in [1.82, 2.24) is 0 Å². The summed E-state index contributed by atoms with van der Waals surface area (Å²) in [6.07, 6.45) is 0. The summed E-state index contributed by atoms with van der Waals surface area (Å²) in [7, 11) is 1.34. The molecule has 0 unspecified atom stereocenters. The zero-order valence-corrected chi connectivity index (χ0v) is 9.17. The van der Waals surface area contributed by atoms with E-state index < -0.39 is 10.9 Å². The van der Waals surface area contributed by atoms with Crippen molar-refractivity contribution in [2.45, 2.75) is 0 Å². The van der Waals surface area contributed by atoms with E-state index in [4.69, 9.17) is 16.3 Å². The van der Waals surface area contributed by atoms with Gasteiger partial charge in [-0.2, -0.15) is 0 Å². The lowest BCUT2D eigenvalue weighted by molar-refractivity contribution is 0.408. The van der Waals surface area contributed by atoms with Gasteiger partial charge in [-0.25, -0.2) is 0 Å². The van der Waals surface area contributed by atoms with Crippen molar-refractivity contribution >= 4 is 23.0 Å². The van der Waals surface area contributed by atoms with Gasteiger partial charge in [-0.1, -0.05) is 23.7 Å². The quantitative estimate of drug-likeness (QED) is 0.826. The second kappa shape index (κ2) is 3.98. The topological polar surface area (TPSA) is 55.4 Å². The number of benzene rings is 1. The van der Waals surface area contributed by atoms with Crippen LogP contribution in [-0.4, -0.2) is 7.11 Å². The molecule has 0 atom stereocenters. The fourth-order valence-electron chi connectivity index (χ4n) is 1.38. The van der Waals surface area contributed by atoms with E-state index in [1.165, 1.54) is 7.11 Å². The van der Waals surface area contributed by atoms with Crippen LogP contribution in [0.5, 0.6) is 5.75 Å². The second-order valence-corrected chi connectivity index (χ2v) is 3.58. The van der Waals surface area contributed by atoms with Crippen LogP contribution in [0, 0.1) is 0 Å². The van der Waals surface area contributed by atoms with Crippen molar-refractivity contribution in [3.63, 3.8) is 0 Å². The molecular formula is C11H8ClNO3. The molecule has 2 rings (SSSR count). The van der Waals surface area contributed by atoms with Crippen LogP contribution in [-0.2, 0) is 0 Å². The van der Waals surface area contributed by atoms with Crippen LogP contribution < -0.4 is 20.9 Å². The molecule has 2 aromatic carbocycles. The summed E-state index contributed by atoms with van der Waals surface area (Å²) in [6, 6.07) is 6.93. The summed E-state index contributed by atoms with van der Waals surface area (Å²) in [5, 5.41) is 3.25. The van der Waals surface area contributed by atoms with Gasteiger partial charge in [0.25, 0.3) is 10.9 Å². The molecule has 5 heteroatoms. The minimum Gasteiger partial charge on any atom is -0.491 e. The van der Waals surface area contributed by atoms with Gasteiger partial charge in [0.05, 0.1) is 17.8 Å². The summed E-state index contributed by atoms with van der Waals surface area (Å²) in [4.78, 5) is 22.3. The zero-order chi connectivity index (χ0) is 11.7. The SMILES string of the molecule is COc1c(Nc2ccccc2Cl)c(=O)c1=O. The molecule has 0 aliphatic rings. The number of hydrogen-bond donors (Lipinski definition) is 1. The van der Waals surface area contributed by atoms with Gasteiger partial charge >= 0.3 is 0 Å². The third-order valence-corrected chi connectivity index (χ3v) is 2.53. The summed E-state index contributed by atoms with van der Waals surface area (Å²) in [6.45, 7) is 0. The molecule has 0 aliphatic heterocycles. The Morgan fingerprint density at radius 2 is 1.88 bits per heavy atom. The van der Waals surface area contributed by atoms with E-state index >= 15 is 0 Å². The Morgan fingerprint density at radius 3 is 2.50 bits per heavy atom. The normalized spacial score (nSPS) is 10.4. The predicted molar refractivity (Wildman–Crippen MR) is 62.6 cm³/mol. The first-order valence-electron chi connectivity index (χ1n) is 4.54. The number of halogens is 1. The van der Waals surface area contributed by atoms with Crippen LogP contribution in [0.3, 0.4) is 0 Å². The zero-order valence-electron chi connectivity index (χ0n) is 8.41. The highest BCUT2D eigenvalue weighted by Gasteiger charge is 2.22. The van der Waals surface area contributed by atoms with Crippen molar-refractivity contribution in [1.29, 1.82) is 0 Å². The fraction of sp³-hybridized carbons (Fsp3) is 0.0909. The first-order valence-corrected chi connectivity index (χ1v) is 4.91.